The summed E-state index contributed by atoms with van der Waals surface area (Å²) in [6, 6.07) is 152. The Labute approximate surface area is 660 Å². The zero-order valence-corrected chi connectivity index (χ0v) is 62.5. The van der Waals surface area contributed by atoms with E-state index < -0.39 is 0 Å². The van der Waals surface area contributed by atoms with E-state index in [0.717, 1.165) is 24.2 Å². The molecule has 0 aliphatic heterocycles. The van der Waals surface area contributed by atoms with Crippen molar-refractivity contribution in [3.05, 3.63) is 435 Å². The van der Waals surface area contributed by atoms with Crippen molar-refractivity contribution in [1.29, 1.82) is 0 Å². The van der Waals surface area contributed by atoms with E-state index in [-0.39, 0.29) is 0 Å². The SMILES string of the molecule is c1ccc(-c2ccc(-n3c4ccccc4c4cc(-c5ccc6c(c5)c5cc7c(cc5n6-c5cccc(-c6ccccc6)c5)-c5ccccc5C7)ccc43)cc2)cc1.c1ccc(-c2ccc(-n3c4ccccc4c4cc(-c5ccc6c(c5)c5cc7c(cc5n6-c5cccc(-c6ccccc6)c5)Cc5ccccc5-7)ccc43)cc2)cc1. The minimum atomic E-state index is 0.961. The lowest BCUT2D eigenvalue weighted by atomic mass is 9.99. The van der Waals surface area contributed by atoms with Gasteiger partial charge in [0, 0.05) is 65.8 Å². The summed E-state index contributed by atoms with van der Waals surface area (Å²) in [7, 11) is 0. The molecule has 22 aromatic rings. The second-order valence-electron chi connectivity index (χ2n) is 30.7. The van der Waals surface area contributed by atoms with Gasteiger partial charge in [-0.05, 0) is 258 Å². The third-order valence-electron chi connectivity index (χ3n) is 24.3. The van der Waals surface area contributed by atoms with Crippen LogP contribution in [-0.2, 0) is 12.8 Å². The van der Waals surface area contributed by atoms with Gasteiger partial charge in [-0.3, -0.25) is 0 Å². The Morgan fingerprint density at radius 3 is 0.842 bits per heavy atom. The normalized spacial score (nSPS) is 12.1. The zero-order chi connectivity index (χ0) is 74.9. The maximum absolute atomic E-state index is 2.48. The minimum Gasteiger partial charge on any atom is -0.309 e. The largest absolute Gasteiger partial charge is 0.309 e. The van der Waals surface area contributed by atoms with Crippen molar-refractivity contribution in [2.24, 2.45) is 0 Å². The van der Waals surface area contributed by atoms with Crippen LogP contribution in [0, 0.1) is 0 Å². The van der Waals surface area contributed by atoms with Crippen LogP contribution in [0.3, 0.4) is 0 Å². The monoisotopic (exact) mass is 1450 g/mol. The fourth-order valence-electron chi connectivity index (χ4n) is 18.9. The van der Waals surface area contributed by atoms with Crippen LogP contribution in [0.5, 0.6) is 0 Å². The minimum absolute atomic E-state index is 0.961. The van der Waals surface area contributed by atoms with Gasteiger partial charge in [0.05, 0.1) is 44.1 Å². The fourth-order valence-corrected chi connectivity index (χ4v) is 18.9. The summed E-state index contributed by atoms with van der Waals surface area (Å²) in [6.45, 7) is 0. The smallest absolute Gasteiger partial charge is 0.0547 e. The topological polar surface area (TPSA) is 19.7 Å². The molecule has 0 radical (unpaired) electrons. The zero-order valence-electron chi connectivity index (χ0n) is 62.5. The molecule has 4 aromatic heterocycles. The molecule has 0 amide bonds. The lowest BCUT2D eigenvalue weighted by Crippen LogP contribution is -1.95. The van der Waals surface area contributed by atoms with E-state index in [1.165, 1.54) is 210 Å². The summed E-state index contributed by atoms with van der Waals surface area (Å²) in [5, 5.41) is 10.1. The first-order chi connectivity index (χ1) is 56.5. The molecule has 114 heavy (non-hydrogen) atoms. The first kappa shape index (κ1) is 65.1. The third-order valence-corrected chi connectivity index (χ3v) is 24.3. The van der Waals surface area contributed by atoms with Crippen molar-refractivity contribution in [1.82, 2.24) is 18.3 Å². The first-order valence-corrected chi connectivity index (χ1v) is 39.6. The van der Waals surface area contributed by atoms with E-state index in [4.69, 9.17) is 0 Å². The van der Waals surface area contributed by atoms with Gasteiger partial charge < -0.3 is 18.3 Å². The highest BCUT2D eigenvalue weighted by molar-refractivity contribution is 6.16. The molecule has 4 heteroatoms. The Balaban J connectivity index is 0.000000135. The standard InChI is InChI=1S/2C55H36N2/c1-3-12-36(13-4-1)38-22-26-44(27-23-38)56-52-21-10-9-20-47(52)49-32-40(24-28-53(49)56)41-25-29-54-50(33-41)51-35-48-43(30-42-16-7-8-19-46(42)48)34-55(51)57(54)45-18-11-17-39(31-45)37-14-5-2-6-15-37;1-3-12-36(13-4-1)38-22-26-44(27-23-38)56-52-21-10-9-20-47(52)49-32-40(24-28-53(49)56)41-25-29-54-50(33-41)51-34-43-30-42-16-7-8-19-46(42)48(43)35-55(51)57(54)45-18-11-17-39(31-45)37-14-5-2-6-15-37/h2*1-29,31-35H,30H2. The van der Waals surface area contributed by atoms with Crippen LogP contribution in [0.4, 0.5) is 0 Å². The predicted octanol–water partition coefficient (Wildman–Crippen LogP) is 28.9. The van der Waals surface area contributed by atoms with E-state index in [1.54, 1.807) is 0 Å². The molecule has 0 unspecified atom stereocenters. The number of benzene rings is 18. The lowest BCUT2D eigenvalue weighted by molar-refractivity contribution is 1.17. The molecule has 0 fully saturated rings. The Morgan fingerprint density at radius 1 is 0.132 bits per heavy atom. The van der Waals surface area contributed by atoms with Crippen LogP contribution < -0.4 is 0 Å². The van der Waals surface area contributed by atoms with Gasteiger partial charge in [0.15, 0.2) is 0 Å². The Morgan fingerprint density at radius 2 is 0.412 bits per heavy atom. The second-order valence-corrected chi connectivity index (χ2v) is 30.7. The average molecular weight is 1450 g/mol. The van der Waals surface area contributed by atoms with Crippen LogP contribution in [0.15, 0.2) is 413 Å². The molecular weight excluding hydrogens is 1380 g/mol. The molecule has 0 spiro atoms. The molecule has 2 aliphatic carbocycles. The van der Waals surface area contributed by atoms with Crippen molar-refractivity contribution in [2.45, 2.75) is 12.8 Å². The quantitative estimate of drug-likeness (QED) is 0.130. The first-order valence-electron chi connectivity index (χ1n) is 39.6. The van der Waals surface area contributed by atoms with Crippen molar-refractivity contribution >= 4 is 87.2 Å². The lowest BCUT2D eigenvalue weighted by Gasteiger charge is -2.12. The molecule has 0 N–H and O–H groups in total. The molecule has 2 aliphatic rings. The number of aromatic nitrogens is 4. The summed E-state index contributed by atoms with van der Waals surface area (Å²) in [5.74, 6) is 0. The van der Waals surface area contributed by atoms with Gasteiger partial charge in [0.25, 0.3) is 0 Å². The molecule has 18 aromatic carbocycles. The molecule has 4 nitrogen and oxygen atoms in total. The molecule has 0 saturated heterocycles. The van der Waals surface area contributed by atoms with Gasteiger partial charge in [-0.2, -0.15) is 0 Å². The van der Waals surface area contributed by atoms with Gasteiger partial charge in [-0.15, -0.1) is 0 Å². The summed E-state index contributed by atoms with van der Waals surface area (Å²) in [5.41, 5.74) is 40.0. The van der Waals surface area contributed by atoms with Gasteiger partial charge in [-0.25, -0.2) is 0 Å². The van der Waals surface area contributed by atoms with E-state index in [0.29, 0.717) is 0 Å². The summed E-state index contributed by atoms with van der Waals surface area (Å²) in [4.78, 5) is 0. The van der Waals surface area contributed by atoms with E-state index in [2.05, 4.69) is 431 Å². The summed E-state index contributed by atoms with van der Waals surface area (Å²) in [6.07, 6.45) is 1.93. The molecule has 532 valence electrons. The third kappa shape index (κ3) is 10.7. The van der Waals surface area contributed by atoms with E-state index >= 15 is 0 Å². The van der Waals surface area contributed by atoms with Crippen LogP contribution in [0.1, 0.15) is 22.3 Å². The highest BCUT2D eigenvalue weighted by Gasteiger charge is 2.26. The molecule has 0 saturated carbocycles. The Hall–Kier alpha value is -14.8. The predicted molar refractivity (Wildman–Crippen MR) is 479 cm³/mol. The van der Waals surface area contributed by atoms with Gasteiger partial charge in [-0.1, -0.05) is 279 Å². The van der Waals surface area contributed by atoms with Crippen molar-refractivity contribution in [3.8, 4) is 112 Å². The van der Waals surface area contributed by atoms with Crippen LogP contribution >= 0.6 is 0 Å². The highest BCUT2D eigenvalue weighted by atomic mass is 15.0. The molecule has 4 heterocycles. The summed E-state index contributed by atoms with van der Waals surface area (Å²) < 4.78 is 9.76. The van der Waals surface area contributed by atoms with Crippen LogP contribution in [-0.4, -0.2) is 18.3 Å². The Bertz CT molecular complexity index is 7600. The van der Waals surface area contributed by atoms with Crippen molar-refractivity contribution in [3.63, 3.8) is 0 Å². The van der Waals surface area contributed by atoms with Gasteiger partial charge >= 0.3 is 0 Å². The summed E-state index contributed by atoms with van der Waals surface area (Å²) >= 11 is 0. The number of hydrogen-bond acceptors (Lipinski definition) is 0. The maximum Gasteiger partial charge on any atom is 0.0547 e. The molecular formula is C110H72N4. The molecule has 24 rings (SSSR count). The van der Waals surface area contributed by atoms with Crippen molar-refractivity contribution in [2.75, 3.05) is 0 Å². The van der Waals surface area contributed by atoms with Crippen molar-refractivity contribution < 1.29 is 0 Å². The maximum atomic E-state index is 2.48. The number of para-hydroxylation sites is 2. The second kappa shape index (κ2) is 26.5. The molecule has 0 atom stereocenters. The van der Waals surface area contributed by atoms with Gasteiger partial charge in [0.2, 0.25) is 0 Å². The van der Waals surface area contributed by atoms with Crippen LogP contribution in [0.25, 0.3) is 199 Å². The van der Waals surface area contributed by atoms with E-state index in [9.17, 15) is 0 Å². The number of rotatable bonds is 10. The van der Waals surface area contributed by atoms with E-state index in [1.807, 2.05) is 0 Å². The Kier molecular flexibility index (Phi) is 15.1. The average Bonchev–Trinajstić information content (AvgIpc) is 1.62. The highest BCUT2D eigenvalue weighted by Crippen LogP contribution is 2.48. The number of hydrogen-bond donors (Lipinski definition) is 0. The van der Waals surface area contributed by atoms with Crippen LogP contribution in [0.2, 0.25) is 0 Å². The fraction of sp³-hybridized carbons (Fsp3) is 0.0182. The number of nitrogens with zero attached hydrogens (tertiary/aromatic N) is 4. The van der Waals surface area contributed by atoms with Gasteiger partial charge in [0.1, 0.15) is 0 Å². The molecule has 0 bridgehead atoms. The number of fused-ring (bicyclic) bond motifs is 18.